The Morgan fingerprint density at radius 3 is 1.94 bits per heavy atom. The van der Waals surface area contributed by atoms with E-state index in [1.54, 1.807) is 0 Å². The molecule has 3 aromatic rings. The summed E-state index contributed by atoms with van der Waals surface area (Å²) in [7, 11) is -13.2. The molecule has 0 fully saturated rings. The van der Waals surface area contributed by atoms with E-state index >= 15 is 0 Å². The second-order valence-corrected chi connectivity index (χ2v) is 10.7. The van der Waals surface area contributed by atoms with Crippen molar-refractivity contribution >= 4 is 58.2 Å². The topological polar surface area (TPSA) is 220 Å². The van der Waals surface area contributed by atoms with Gasteiger partial charge >= 0.3 is 0 Å². The van der Waals surface area contributed by atoms with Crippen molar-refractivity contribution in [2.24, 2.45) is 10.2 Å². The molecule has 33 heavy (non-hydrogen) atoms. The van der Waals surface area contributed by atoms with Gasteiger partial charge in [-0.2, -0.15) is 25.3 Å². The third-order valence-electron chi connectivity index (χ3n) is 4.37. The van der Waals surface area contributed by atoms with Gasteiger partial charge in [-0.05, 0) is 35.7 Å². The standard InChI is InChI=1S/C17H15N3O10S3/c1-18-12-8-10(31(22,23)24)6-9-7-14(33(28,29)30)16(17(21)15(9)12)20-19-11-4-2-3-5-13(11)32(25,26)27/h2-8,18,21H,1H3,(H,22,23,24)(H,25,26,27)(H,28,29,30). The van der Waals surface area contributed by atoms with E-state index in [0.717, 1.165) is 30.3 Å². The fourth-order valence-electron chi connectivity index (χ4n) is 2.96. The van der Waals surface area contributed by atoms with Crippen molar-refractivity contribution in [1.29, 1.82) is 0 Å². The lowest BCUT2D eigenvalue weighted by molar-refractivity contribution is 0.472. The molecule has 0 atom stereocenters. The lowest BCUT2D eigenvalue weighted by Gasteiger charge is -2.13. The van der Waals surface area contributed by atoms with Crippen LogP contribution in [0.1, 0.15) is 0 Å². The molecule has 176 valence electrons. The maximum atomic E-state index is 11.9. The van der Waals surface area contributed by atoms with E-state index in [1.165, 1.54) is 19.2 Å². The number of hydrogen-bond donors (Lipinski definition) is 5. The monoisotopic (exact) mass is 517 g/mol. The summed E-state index contributed by atoms with van der Waals surface area (Å²) in [6.45, 7) is 0. The van der Waals surface area contributed by atoms with E-state index in [1.807, 2.05) is 0 Å². The fraction of sp³-hybridized carbons (Fsp3) is 0.0588. The number of phenols is 1. The first kappa shape index (κ1) is 24.5. The minimum atomic E-state index is -5.07. The molecule has 3 rings (SSSR count). The molecule has 0 aromatic heterocycles. The number of nitrogens with zero attached hydrogens (tertiary/aromatic N) is 2. The Balaban J connectivity index is 2.40. The summed E-state index contributed by atoms with van der Waals surface area (Å²) in [6, 6.07) is 7.36. The van der Waals surface area contributed by atoms with E-state index in [4.69, 9.17) is 0 Å². The van der Waals surface area contributed by atoms with Gasteiger partial charge in [-0.3, -0.25) is 13.7 Å². The second-order valence-electron chi connectivity index (χ2n) is 6.48. The summed E-state index contributed by atoms with van der Waals surface area (Å²) in [5, 5.41) is 20.2. The first-order valence-electron chi connectivity index (χ1n) is 8.59. The van der Waals surface area contributed by atoms with E-state index in [2.05, 4.69) is 15.5 Å². The highest BCUT2D eigenvalue weighted by atomic mass is 32.2. The summed E-state index contributed by atoms with van der Waals surface area (Å²) < 4.78 is 98.3. The molecule has 13 nitrogen and oxygen atoms in total. The van der Waals surface area contributed by atoms with E-state index in [-0.39, 0.29) is 16.5 Å². The van der Waals surface area contributed by atoms with Crippen LogP contribution in [0.4, 0.5) is 17.1 Å². The van der Waals surface area contributed by atoms with Crippen molar-refractivity contribution in [1.82, 2.24) is 0 Å². The van der Waals surface area contributed by atoms with Crippen molar-refractivity contribution in [2.45, 2.75) is 14.7 Å². The van der Waals surface area contributed by atoms with Crippen molar-refractivity contribution in [2.75, 3.05) is 12.4 Å². The summed E-state index contributed by atoms with van der Waals surface area (Å²) in [5.41, 5.74) is -1.27. The highest BCUT2D eigenvalue weighted by Crippen LogP contribution is 2.45. The molecular formula is C17H15N3O10S3. The first-order chi connectivity index (χ1) is 15.1. The molecule has 0 radical (unpaired) electrons. The molecule has 0 aliphatic heterocycles. The van der Waals surface area contributed by atoms with Gasteiger partial charge in [0.1, 0.15) is 21.2 Å². The second kappa shape index (κ2) is 8.32. The van der Waals surface area contributed by atoms with Gasteiger partial charge in [-0.1, -0.05) is 12.1 Å². The first-order valence-corrected chi connectivity index (χ1v) is 12.9. The molecule has 3 aromatic carbocycles. The molecule has 0 spiro atoms. The zero-order chi connectivity index (χ0) is 24.8. The number of aromatic hydroxyl groups is 1. The Kier molecular flexibility index (Phi) is 6.18. The average molecular weight is 518 g/mol. The molecule has 0 saturated heterocycles. The van der Waals surface area contributed by atoms with Crippen molar-refractivity contribution in [3.8, 4) is 5.75 Å². The molecular weight excluding hydrogens is 502 g/mol. The van der Waals surface area contributed by atoms with Gasteiger partial charge in [0, 0.05) is 18.1 Å². The van der Waals surface area contributed by atoms with Crippen LogP contribution in [0.25, 0.3) is 10.8 Å². The maximum Gasteiger partial charge on any atom is 0.296 e. The molecule has 0 amide bonds. The minimum Gasteiger partial charge on any atom is -0.505 e. The minimum absolute atomic E-state index is 0.0608. The van der Waals surface area contributed by atoms with Gasteiger partial charge in [-0.25, -0.2) is 0 Å². The van der Waals surface area contributed by atoms with Gasteiger partial charge in [-0.15, -0.1) is 10.2 Å². The van der Waals surface area contributed by atoms with Gasteiger partial charge in [0.15, 0.2) is 5.75 Å². The smallest absolute Gasteiger partial charge is 0.296 e. The van der Waals surface area contributed by atoms with Crippen LogP contribution in [0.5, 0.6) is 5.75 Å². The molecule has 5 N–H and O–H groups in total. The fourth-order valence-corrected chi connectivity index (χ4v) is 4.79. The number of azo groups is 1. The van der Waals surface area contributed by atoms with Gasteiger partial charge in [0.05, 0.1) is 4.90 Å². The summed E-state index contributed by atoms with van der Waals surface area (Å²) in [6.07, 6.45) is 0. The summed E-state index contributed by atoms with van der Waals surface area (Å²) in [4.78, 5) is -2.28. The van der Waals surface area contributed by atoms with E-state index in [0.29, 0.717) is 0 Å². The number of phenolic OH excluding ortho intramolecular Hbond substituents is 1. The number of benzene rings is 3. The van der Waals surface area contributed by atoms with E-state index in [9.17, 15) is 44.0 Å². The average Bonchev–Trinajstić information content (AvgIpc) is 2.70. The van der Waals surface area contributed by atoms with Gasteiger partial charge < -0.3 is 10.4 Å². The van der Waals surface area contributed by atoms with Crippen LogP contribution in [0.2, 0.25) is 0 Å². The number of nitrogens with one attached hydrogen (secondary N) is 1. The number of rotatable bonds is 6. The maximum absolute atomic E-state index is 11.9. The Hall–Kier alpha value is -3.15. The van der Waals surface area contributed by atoms with Crippen molar-refractivity contribution in [3.05, 3.63) is 42.5 Å². The third-order valence-corrected chi connectivity index (χ3v) is 6.97. The number of hydrogen-bond acceptors (Lipinski definition) is 10. The zero-order valence-corrected chi connectivity index (χ0v) is 18.8. The number of fused-ring (bicyclic) bond motifs is 1. The van der Waals surface area contributed by atoms with Crippen LogP contribution < -0.4 is 5.32 Å². The molecule has 0 aliphatic rings. The van der Waals surface area contributed by atoms with Crippen LogP contribution in [0.15, 0.2) is 67.4 Å². The van der Waals surface area contributed by atoms with Crippen molar-refractivity contribution in [3.63, 3.8) is 0 Å². The highest BCUT2D eigenvalue weighted by Gasteiger charge is 2.25. The Bertz CT molecular complexity index is 1630. The quantitative estimate of drug-likeness (QED) is 0.236. The highest BCUT2D eigenvalue weighted by molar-refractivity contribution is 7.86. The third kappa shape index (κ3) is 4.95. The van der Waals surface area contributed by atoms with Gasteiger partial charge in [0.2, 0.25) is 0 Å². The van der Waals surface area contributed by atoms with Crippen LogP contribution in [-0.2, 0) is 30.4 Å². The predicted molar refractivity (Wildman–Crippen MR) is 115 cm³/mol. The van der Waals surface area contributed by atoms with Crippen LogP contribution >= 0.6 is 0 Å². The van der Waals surface area contributed by atoms with Crippen LogP contribution in [0.3, 0.4) is 0 Å². The summed E-state index contributed by atoms with van der Waals surface area (Å²) in [5.74, 6) is -0.862. The molecule has 0 aliphatic carbocycles. The predicted octanol–water partition coefficient (Wildman–Crippen LogP) is 2.74. The lowest BCUT2D eigenvalue weighted by Crippen LogP contribution is -2.03. The molecule has 0 heterocycles. The van der Waals surface area contributed by atoms with Crippen LogP contribution in [0, 0.1) is 0 Å². The molecule has 0 unspecified atom stereocenters. The summed E-state index contributed by atoms with van der Waals surface area (Å²) >= 11 is 0. The Morgan fingerprint density at radius 1 is 0.788 bits per heavy atom. The molecule has 0 bridgehead atoms. The normalized spacial score (nSPS) is 13.0. The lowest BCUT2D eigenvalue weighted by atomic mass is 10.1. The van der Waals surface area contributed by atoms with Crippen LogP contribution in [-0.4, -0.2) is 51.1 Å². The SMILES string of the molecule is CNc1cc(S(=O)(=O)O)cc2cc(S(=O)(=O)O)c(N=Nc3ccccc3S(=O)(=O)O)c(O)c12. The largest absolute Gasteiger partial charge is 0.505 e. The number of anilines is 1. The molecule has 0 saturated carbocycles. The van der Waals surface area contributed by atoms with Crippen molar-refractivity contribution < 1.29 is 44.0 Å². The Morgan fingerprint density at radius 2 is 1.39 bits per heavy atom. The Labute approximate surface area is 187 Å². The van der Waals surface area contributed by atoms with E-state index < -0.39 is 62.2 Å². The van der Waals surface area contributed by atoms with Gasteiger partial charge in [0.25, 0.3) is 30.4 Å². The zero-order valence-electron chi connectivity index (χ0n) is 16.4. The molecule has 16 heteroatoms.